The molecule has 160 valence electrons. The highest BCUT2D eigenvalue weighted by molar-refractivity contribution is 5.98. The zero-order chi connectivity index (χ0) is 22.0. The summed E-state index contributed by atoms with van der Waals surface area (Å²) in [5.41, 5.74) is 1.67. The van der Waals surface area contributed by atoms with Crippen molar-refractivity contribution in [2.24, 2.45) is 0 Å². The molecule has 2 aromatic heterocycles. The molecule has 1 fully saturated rings. The molecule has 5 nitrogen and oxygen atoms in total. The van der Waals surface area contributed by atoms with Gasteiger partial charge in [0.25, 0.3) is 5.91 Å². The molecule has 8 heteroatoms. The number of amides is 1. The first kappa shape index (κ1) is 19.8. The van der Waals surface area contributed by atoms with Gasteiger partial charge in [0.2, 0.25) is 0 Å². The summed E-state index contributed by atoms with van der Waals surface area (Å²) in [4.78, 5) is 23.7. The van der Waals surface area contributed by atoms with Gasteiger partial charge in [0.1, 0.15) is 11.3 Å². The van der Waals surface area contributed by atoms with Crippen LogP contribution in [0.5, 0.6) is 0 Å². The number of fused-ring (bicyclic) bond motifs is 2. The molecule has 1 aromatic carbocycles. The summed E-state index contributed by atoms with van der Waals surface area (Å²) in [6, 6.07) is 8.96. The molecular weight excluding hydrogens is 405 g/mol. The number of carbonyl (C=O) groups excluding carboxylic acids is 1. The van der Waals surface area contributed by atoms with Gasteiger partial charge in [0, 0.05) is 29.4 Å². The summed E-state index contributed by atoms with van der Waals surface area (Å²) < 4.78 is 41.3. The molecule has 0 saturated heterocycles. The van der Waals surface area contributed by atoms with Gasteiger partial charge in [0.15, 0.2) is 5.82 Å². The maximum absolute atomic E-state index is 13.8. The summed E-state index contributed by atoms with van der Waals surface area (Å²) in [5, 5.41) is 2.84. The number of alkyl halides is 3. The minimum absolute atomic E-state index is 0.183. The van der Waals surface area contributed by atoms with E-state index in [1.165, 1.54) is 6.07 Å². The Morgan fingerprint density at radius 2 is 1.84 bits per heavy atom. The number of hydrogen-bond donors (Lipinski definition) is 2. The third-order valence-electron chi connectivity index (χ3n) is 6.22. The topological polar surface area (TPSA) is 70.7 Å². The lowest BCUT2D eigenvalue weighted by Gasteiger charge is -2.22. The predicted molar refractivity (Wildman–Crippen MR) is 110 cm³/mol. The average molecular weight is 426 g/mol. The van der Waals surface area contributed by atoms with Crippen molar-refractivity contribution in [3.05, 3.63) is 58.9 Å². The van der Waals surface area contributed by atoms with Gasteiger partial charge in [-0.3, -0.25) is 4.79 Å². The molecule has 0 bridgehead atoms. The lowest BCUT2D eigenvalue weighted by molar-refractivity contribution is -0.137. The third-order valence-corrected chi connectivity index (χ3v) is 6.22. The molecule has 2 aliphatic rings. The molecule has 1 saturated carbocycles. The van der Waals surface area contributed by atoms with Crippen molar-refractivity contribution in [1.29, 1.82) is 0 Å². The smallest absolute Gasteiger partial charge is 0.356 e. The predicted octanol–water partition coefficient (Wildman–Crippen LogP) is 5.06. The fourth-order valence-corrected chi connectivity index (χ4v) is 4.14. The SMILES string of the molecule is CC(C)c1ccc(-c2ncc(C(F)(F)F)c(-c3cc4c([nH]3)C3(CC3)CNC4=O)n2)cc1. The standard InChI is InChI=1S/C23H21F3N4O/c1-12(2)13-3-5-14(6-4-13)20-27-10-16(23(24,25)26)18(30-20)17-9-15-19(29-17)22(7-8-22)11-28-21(15)31/h3-6,9-10,12,29H,7-8,11H2,1-2H3,(H,28,31). The molecule has 0 atom stereocenters. The maximum atomic E-state index is 13.8. The number of nitrogens with zero attached hydrogens (tertiary/aromatic N) is 2. The number of halogens is 3. The van der Waals surface area contributed by atoms with Gasteiger partial charge >= 0.3 is 6.18 Å². The second-order valence-electron chi connectivity index (χ2n) is 8.67. The minimum Gasteiger partial charge on any atom is -0.356 e. The van der Waals surface area contributed by atoms with Crippen LogP contribution in [0.15, 0.2) is 36.5 Å². The van der Waals surface area contributed by atoms with E-state index in [9.17, 15) is 18.0 Å². The summed E-state index contributed by atoms with van der Waals surface area (Å²) in [6.07, 6.45) is -2.02. The van der Waals surface area contributed by atoms with Crippen LogP contribution in [-0.4, -0.2) is 27.4 Å². The van der Waals surface area contributed by atoms with Gasteiger partial charge in [-0.25, -0.2) is 9.97 Å². The fraction of sp³-hybridized carbons (Fsp3) is 0.348. The van der Waals surface area contributed by atoms with Crippen LogP contribution < -0.4 is 5.32 Å². The highest BCUT2D eigenvalue weighted by atomic mass is 19.4. The monoisotopic (exact) mass is 426 g/mol. The fourth-order valence-electron chi connectivity index (χ4n) is 4.14. The summed E-state index contributed by atoms with van der Waals surface area (Å²) in [6.45, 7) is 4.64. The van der Waals surface area contributed by atoms with Gasteiger partial charge in [-0.1, -0.05) is 38.1 Å². The van der Waals surface area contributed by atoms with Crippen molar-refractivity contribution in [2.75, 3.05) is 6.54 Å². The van der Waals surface area contributed by atoms with Crippen LogP contribution >= 0.6 is 0 Å². The third kappa shape index (κ3) is 3.30. The Kier molecular flexibility index (Phi) is 4.26. The number of aromatic nitrogens is 3. The first-order valence-corrected chi connectivity index (χ1v) is 10.2. The van der Waals surface area contributed by atoms with Gasteiger partial charge < -0.3 is 10.3 Å². The van der Waals surface area contributed by atoms with E-state index in [4.69, 9.17) is 0 Å². The van der Waals surface area contributed by atoms with Crippen molar-refractivity contribution in [3.8, 4) is 22.8 Å². The average Bonchev–Trinajstić information content (AvgIpc) is 3.37. The summed E-state index contributed by atoms with van der Waals surface area (Å²) >= 11 is 0. The minimum atomic E-state index is -4.62. The van der Waals surface area contributed by atoms with Crippen LogP contribution in [0.25, 0.3) is 22.8 Å². The number of aromatic amines is 1. The Labute approximate surface area is 177 Å². The highest BCUT2D eigenvalue weighted by Crippen LogP contribution is 2.51. The molecule has 5 rings (SSSR count). The highest BCUT2D eigenvalue weighted by Gasteiger charge is 2.50. The van der Waals surface area contributed by atoms with Gasteiger partial charge in [-0.05, 0) is 30.4 Å². The number of benzene rings is 1. The number of rotatable bonds is 3. The van der Waals surface area contributed by atoms with E-state index in [0.717, 1.165) is 24.6 Å². The second-order valence-corrected chi connectivity index (χ2v) is 8.67. The maximum Gasteiger partial charge on any atom is 0.420 e. The first-order chi connectivity index (χ1) is 14.7. The molecular formula is C23H21F3N4O. The van der Waals surface area contributed by atoms with Crippen molar-refractivity contribution in [2.45, 2.75) is 44.2 Å². The van der Waals surface area contributed by atoms with E-state index in [1.807, 2.05) is 24.3 Å². The summed E-state index contributed by atoms with van der Waals surface area (Å²) in [5.74, 6) is 0.267. The Morgan fingerprint density at radius 1 is 1.13 bits per heavy atom. The molecule has 1 aliphatic carbocycles. The molecule has 0 unspecified atom stereocenters. The number of carbonyl (C=O) groups is 1. The van der Waals surface area contributed by atoms with Crippen molar-refractivity contribution in [1.82, 2.24) is 20.3 Å². The van der Waals surface area contributed by atoms with E-state index in [1.54, 1.807) is 0 Å². The quantitative estimate of drug-likeness (QED) is 0.615. The van der Waals surface area contributed by atoms with Crippen LogP contribution in [0.2, 0.25) is 0 Å². The van der Waals surface area contributed by atoms with Crippen molar-refractivity contribution >= 4 is 5.91 Å². The Bertz CT molecular complexity index is 1170. The van der Waals surface area contributed by atoms with Gasteiger partial charge in [-0.2, -0.15) is 13.2 Å². The zero-order valence-electron chi connectivity index (χ0n) is 17.1. The zero-order valence-corrected chi connectivity index (χ0v) is 17.1. The normalized spacial score (nSPS) is 17.0. The molecule has 31 heavy (non-hydrogen) atoms. The molecule has 1 amide bonds. The number of H-pyrrole nitrogens is 1. The van der Waals surface area contributed by atoms with E-state index in [0.29, 0.717) is 29.3 Å². The molecule has 1 spiro atoms. The molecule has 1 aliphatic heterocycles. The van der Waals surface area contributed by atoms with Crippen LogP contribution in [0.4, 0.5) is 13.2 Å². The molecule has 2 N–H and O–H groups in total. The van der Waals surface area contributed by atoms with Gasteiger partial charge in [0.05, 0.1) is 11.3 Å². The molecule has 3 aromatic rings. The Balaban J connectivity index is 1.64. The van der Waals surface area contributed by atoms with E-state index in [-0.39, 0.29) is 28.5 Å². The second kappa shape index (κ2) is 6.67. The lowest BCUT2D eigenvalue weighted by atomic mass is 9.95. The Hall–Kier alpha value is -3.16. The van der Waals surface area contributed by atoms with Crippen molar-refractivity contribution in [3.63, 3.8) is 0 Å². The molecule has 0 radical (unpaired) electrons. The van der Waals surface area contributed by atoms with Crippen LogP contribution in [0.1, 0.15) is 59.8 Å². The van der Waals surface area contributed by atoms with Gasteiger partial charge in [-0.15, -0.1) is 0 Å². The number of hydrogen-bond acceptors (Lipinski definition) is 3. The Morgan fingerprint density at radius 3 is 2.45 bits per heavy atom. The van der Waals surface area contributed by atoms with E-state index >= 15 is 0 Å². The van der Waals surface area contributed by atoms with E-state index < -0.39 is 11.7 Å². The van der Waals surface area contributed by atoms with E-state index in [2.05, 4.69) is 34.1 Å². The van der Waals surface area contributed by atoms with Crippen LogP contribution in [0, 0.1) is 0 Å². The lowest BCUT2D eigenvalue weighted by Crippen LogP contribution is -2.38. The summed E-state index contributed by atoms with van der Waals surface area (Å²) in [7, 11) is 0. The first-order valence-electron chi connectivity index (χ1n) is 10.2. The van der Waals surface area contributed by atoms with Crippen molar-refractivity contribution < 1.29 is 18.0 Å². The van der Waals surface area contributed by atoms with Crippen LogP contribution in [0.3, 0.4) is 0 Å². The molecule has 3 heterocycles. The van der Waals surface area contributed by atoms with Crippen LogP contribution in [-0.2, 0) is 11.6 Å². The number of nitrogens with one attached hydrogen (secondary N) is 2. The largest absolute Gasteiger partial charge is 0.420 e.